The fourth-order valence-electron chi connectivity index (χ4n) is 1.63. The van der Waals surface area contributed by atoms with E-state index in [0.29, 0.717) is 5.76 Å². The van der Waals surface area contributed by atoms with Crippen LogP contribution < -0.4 is 0 Å². The Kier molecular flexibility index (Phi) is 4.10. The average molecular weight is 390 g/mol. The Bertz CT molecular complexity index is 541. The van der Waals surface area contributed by atoms with Crippen LogP contribution in [0.2, 0.25) is 0 Å². The minimum absolute atomic E-state index is 0.348. The molecule has 0 bridgehead atoms. The summed E-state index contributed by atoms with van der Waals surface area (Å²) in [5.41, 5.74) is 0.766. The second kappa shape index (κ2) is 5.46. The van der Waals surface area contributed by atoms with Crippen LogP contribution in [0.1, 0.15) is 5.56 Å². The number of rotatable bonds is 3. The molecule has 4 nitrogen and oxygen atoms in total. The van der Waals surface area contributed by atoms with Gasteiger partial charge in [-0.25, -0.2) is 0 Å². The predicted molar refractivity (Wildman–Crippen MR) is 76.9 cm³/mol. The monoisotopic (exact) mass is 388 g/mol. The molecule has 0 fully saturated rings. The Hall–Kier alpha value is -1.14. The summed E-state index contributed by atoms with van der Waals surface area (Å²) in [6.07, 6.45) is 1.36. The molecule has 0 saturated heterocycles. The number of methoxy groups -OCH3 is 1. The standard InChI is InChI=1S/C13H10Br2O4/c1-18-12(17)11(14)13(15)10(16)7-9(19-13)8-5-3-2-4-6-8/h2-7,11H,1H3/t11-,13-/m1/s1. The highest BCUT2D eigenvalue weighted by Gasteiger charge is 2.52. The van der Waals surface area contributed by atoms with Crippen molar-refractivity contribution in [3.63, 3.8) is 0 Å². The minimum Gasteiger partial charge on any atom is -0.468 e. The number of hydrogen-bond acceptors (Lipinski definition) is 4. The molecule has 0 amide bonds. The number of ether oxygens (including phenoxy) is 2. The Morgan fingerprint density at radius 2 is 2.00 bits per heavy atom. The second-order valence-electron chi connectivity index (χ2n) is 3.87. The fourth-order valence-corrected chi connectivity index (χ4v) is 2.62. The van der Waals surface area contributed by atoms with Crippen molar-refractivity contribution >= 4 is 49.4 Å². The van der Waals surface area contributed by atoms with E-state index < -0.39 is 15.3 Å². The molecular weight excluding hydrogens is 380 g/mol. The summed E-state index contributed by atoms with van der Waals surface area (Å²) >= 11 is 6.31. The topological polar surface area (TPSA) is 52.6 Å². The third-order valence-corrected chi connectivity index (χ3v) is 5.29. The number of ketones is 1. The van der Waals surface area contributed by atoms with Gasteiger partial charge in [0, 0.05) is 11.6 Å². The smallest absolute Gasteiger partial charge is 0.325 e. The Morgan fingerprint density at radius 3 is 2.58 bits per heavy atom. The van der Waals surface area contributed by atoms with Gasteiger partial charge in [-0.05, 0) is 15.9 Å². The summed E-state index contributed by atoms with van der Waals surface area (Å²) in [5, 5.41) is 0. The number of alkyl halides is 2. The fraction of sp³-hybridized carbons (Fsp3) is 0.231. The van der Waals surface area contributed by atoms with Gasteiger partial charge >= 0.3 is 5.97 Å². The summed E-state index contributed by atoms with van der Waals surface area (Å²) in [6.45, 7) is 0. The summed E-state index contributed by atoms with van der Waals surface area (Å²) in [5.74, 6) is -0.526. The van der Waals surface area contributed by atoms with Crippen LogP contribution >= 0.6 is 31.9 Å². The van der Waals surface area contributed by atoms with Crippen LogP contribution in [0.5, 0.6) is 0 Å². The molecule has 100 valence electrons. The van der Waals surface area contributed by atoms with E-state index in [4.69, 9.17) is 4.74 Å². The van der Waals surface area contributed by atoms with Crippen LogP contribution in [-0.4, -0.2) is 28.2 Å². The van der Waals surface area contributed by atoms with Crippen LogP contribution in [0.15, 0.2) is 36.4 Å². The van der Waals surface area contributed by atoms with E-state index in [1.807, 2.05) is 30.3 Å². The molecule has 1 aromatic carbocycles. The van der Waals surface area contributed by atoms with Gasteiger partial charge in [-0.2, -0.15) is 0 Å². The van der Waals surface area contributed by atoms with Crippen molar-refractivity contribution in [2.75, 3.05) is 7.11 Å². The summed E-state index contributed by atoms with van der Waals surface area (Å²) in [7, 11) is 1.25. The molecule has 2 atom stereocenters. The van der Waals surface area contributed by atoms with Gasteiger partial charge in [-0.3, -0.25) is 9.59 Å². The van der Waals surface area contributed by atoms with Crippen molar-refractivity contribution in [2.45, 2.75) is 9.34 Å². The van der Waals surface area contributed by atoms with Gasteiger partial charge in [0.2, 0.25) is 10.3 Å². The quantitative estimate of drug-likeness (QED) is 0.589. The molecule has 6 heteroatoms. The summed E-state index contributed by atoms with van der Waals surface area (Å²) in [4.78, 5) is 22.7. The molecule has 0 aromatic heterocycles. The van der Waals surface area contributed by atoms with Crippen molar-refractivity contribution in [1.29, 1.82) is 0 Å². The lowest BCUT2D eigenvalue weighted by Gasteiger charge is -2.25. The molecule has 0 N–H and O–H groups in total. The molecule has 0 radical (unpaired) electrons. The van der Waals surface area contributed by atoms with Crippen LogP contribution in [0.3, 0.4) is 0 Å². The zero-order valence-electron chi connectivity index (χ0n) is 9.93. The number of benzene rings is 1. The summed E-state index contributed by atoms with van der Waals surface area (Å²) < 4.78 is 8.75. The maximum absolute atomic E-state index is 12.1. The molecule has 0 unspecified atom stereocenters. The zero-order valence-corrected chi connectivity index (χ0v) is 13.1. The number of halogens is 2. The van der Waals surface area contributed by atoms with Gasteiger partial charge in [0.25, 0.3) is 0 Å². The molecule has 1 heterocycles. The molecule has 0 saturated carbocycles. The molecule has 19 heavy (non-hydrogen) atoms. The van der Waals surface area contributed by atoms with Crippen LogP contribution in [0.25, 0.3) is 5.76 Å². The van der Waals surface area contributed by atoms with E-state index in [1.165, 1.54) is 13.2 Å². The molecule has 1 aliphatic heterocycles. The molecule has 0 aliphatic carbocycles. The molecule has 1 aliphatic rings. The van der Waals surface area contributed by atoms with Gasteiger partial charge in [0.15, 0.2) is 4.83 Å². The highest BCUT2D eigenvalue weighted by atomic mass is 79.9. The highest BCUT2D eigenvalue weighted by Crippen LogP contribution is 2.41. The number of carbonyl (C=O) groups is 2. The van der Waals surface area contributed by atoms with Gasteiger partial charge < -0.3 is 9.47 Å². The average Bonchev–Trinajstić information content (AvgIpc) is 2.75. The first-order valence-corrected chi connectivity index (χ1v) is 7.11. The van der Waals surface area contributed by atoms with Crippen molar-refractivity contribution in [3.05, 3.63) is 42.0 Å². The zero-order chi connectivity index (χ0) is 14.0. The van der Waals surface area contributed by atoms with E-state index >= 15 is 0 Å². The van der Waals surface area contributed by atoms with Crippen LogP contribution in [0, 0.1) is 0 Å². The van der Waals surface area contributed by atoms with Gasteiger partial charge in [-0.15, -0.1) is 0 Å². The van der Waals surface area contributed by atoms with Crippen molar-refractivity contribution in [3.8, 4) is 0 Å². The summed E-state index contributed by atoms with van der Waals surface area (Å²) in [6, 6.07) is 9.18. The Morgan fingerprint density at radius 1 is 1.37 bits per heavy atom. The number of esters is 1. The normalized spacial score (nSPS) is 23.5. The SMILES string of the molecule is COC(=O)[C@@H](Br)[C@]1(Br)OC(c2ccccc2)=CC1=O. The molecule has 2 rings (SSSR count). The maximum atomic E-state index is 12.1. The van der Waals surface area contributed by atoms with E-state index in [0.717, 1.165) is 5.56 Å². The first-order chi connectivity index (χ1) is 8.99. The molecule has 0 spiro atoms. The Balaban J connectivity index is 2.27. The third-order valence-electron chi connectivity index (χ3n) is 2.65. The highest BCUT2D eigenvalue weighted by molar-refractivity contribution is 9.13. The van der Waals surface area contributed by atoms with Gasteiger partial charge in [0.1, 0.15) is 5.76 Å². The third kappa shape index (κ3) is 2.60. The van der Waals surface area contributed by atoms with Crippen LogP contribution in [-0.2, 0) is 19.1 Å². The lowest BCUT2D eigenvalue weighted by molar-refractivity contribution is -0.144. The predicted octanol–water partition coefficient (Wildman–Crippen LogP) is 2.65. The van der Waals surface area contributed by atoms with Gasteiger partial charge in [-0.1, -0.05) is 46.3 Å². The largest absolute Gasteiger partial charge is 0.468 e. The lowest BCUT2D eigenvalue weighted by atomic mass is 10.1. The van der Waals surface area contributed by atoms with Crippen LogP contribution in [0.4, 0.5) is 0 Å². The Labute approximate surface area is 127 Å². The first-order valence-electron chi connectivity index (χ1n) is 5.40. The van der Waals surface area contributed by atoms with Crippen molar-refractivity contribution in [2.24, 2.45) is 0 Å². The van der Waals surface area contributed by atoms with E-state index in [1.54, 1.807) is 0 Å². The van der Waals surface area contributed by atoms with Crippen molar-refractivity contribution in [1.82, 2.24) is 0 Å². The first kappa shape index (κ1) is 14.3. The van der Waals surface area contributed by atoms with E-state index in [9.17, 15) is 9.59 Å². The number of carbonyl (C=O) groups excluding carboxylic acids is 2. The maximum Gasteiger partial charge on any atom is 0.325 e. The van der Waals surface area contributed by atoms with E-state index in [-0.39, 0.29) is 5.78 Å². The van der Waals surface area contributed by atoms with E-state index in [2.05, 4.69) is 36.6 Å². The molecule has 1 aromatic rings. The lowest BCUT2D eigenvalue weighted by Crippen LogP contribution is -2.43. The second-order valence-corrected chi connectivity index (χ2v) is 5.97. The molecular formula is C13H10Br2O4. The van der Waals surface area contributed by atoms with Crippen molar-refractivity contribution < 1.29 is 19.1 Å². The number of hydrogen-bond donors (Lipinski definition) is 0. The minimum atomic E-state index is -1.47. The van der Waals surface area contributed by atoms with Gasteiger partial charge in [0.05, 0.1) is 7.11 Å².